The SMILES string of the molecule is CCCCCCC/C=C\C/C=C\CCCCCCCCCCCCCCCC(=O)OC(COCCCCCCCCCCCCCC/C=C\CCCCCCCCCC)COC1OC(CO)C(O)C(O)C1O. The van der Waals surface area contributed by atoms with E-state index in [2.05, 4.69) is 50.3 Å². The van der Waals surface area contributed by atoms with Crippen molar-refractivity contribution in [2.45, 2.75) is 333 Å². The number of carbonyl (C=O) groups excluding carboxylic acids is 1. The topological polar surface area (TPSA) is 135 Å². The summed E-state index contributed by atoms with van der Waals surface area (Å²) in [5.41, 5.74) is 0. The fraction of sp³-hybridized carbons (Fsp3) is 0.889. The van der Waals surface area contributed by atoms with Crippen molar-refractivity contribution < 1.29 is 44.2 Å². The van der Waals surface area contributed by atoms with E-state index < -0.39 is 43.4 Å². The average Bonchev–Trinajstić information content (AvgIpc) is 3.38. The normalized spacial score (nSPS) is 18.9. The number of aliphatic hydroxyl groups is 4. The summed E-state index contributed by atoms with van der Waals surface area (Å²) in [6.45, 7) is 4.60. The van der Waals surface area contributed by atoms with Crippen LogP contribution in [0.4, 0.5) is 0 Å². The quantitative estimate of drug-likeness (QED) is 0.0267. The predicted molar refractivity (Wildman–Crippen MR) is 302 cm³/mol. The van der Waals surface area contributed by atoms with E-state index in [0.717, 1.165) is 38.5 Å². The molecule has 6 unspecified atom stereocenters. The highest BCUT2D eigenvalue weighted by molar-refractivity contribution is 5.69. The first-order chi connectivity index (χ1) is 35.4. The summed E-state index contributed by atoms with van der Waals surface area (Å²) >= 11 is 0. The monoisotopic (exact) mass is 1020 g/mol. The van der Waals surface area contributed by atoms with Gasteiger partial charge in [0, 0.05) is 13.0 Å². The van der Waals surface area contributed by atoms with Crippen molar-refractivity contribution in [3.63, 3.8) is 0 Å². The minimum atomic E-state index is -1.54. The van der Waals surface area contributed by atoms with Crippen LogP contribution in [0.3, 0.4) is 0 Å². The second kappa shape index (κ2) is 54.2. The van der Waals surface area contributed by atoms with Gasteiger partial charge in [-0.2, -0.15) is 0 Å². The summed E-state index contributed by atoms with van der Waals surface area (Å²) in [5, 5.41) is 40.4. The zero-order valence-electron chi connectivity index (χ0n) is 47.2. The van der Waals surface area contributed by atoms with E-state index in [9.17, 15) is 25.2 Å². The van der Waals surface area contributed by atoms with Gasteiger partial charge in [0.2, 0.25) is 0 Å². The molecular weight excluding hydrogens is 901 g/mol. The summed E-state index contributed by atoms with van der Waals surface area (Å²) in [6.07, 6.45) is 62.0. The Hall–Kier alpha value is -1.59. The van der Waals surface area contributed by atoms with Gasteiger partial charge in [-0.25, -0.2) is 0 Å². The molecule has 1 heterocycles. The van der Waals surface area contributed by atoms with Crippen molar-refractivity contribution in [1.82, 2.24) is 0 Å². The maximum Gasteiger partial charge on any atom is 0.306 e. The Morgan fingerprint density at radius 3 is 1.21 bits per heavy atom. The molecule has 1 rings (SSSR count). The van der Waals surface area contributed by atoms with Crippen molar-refractivity contribution in [3.05, 3.63) is 36.5 Å². The molecule has 0 aromatic carbocycles. The molecular formula is C63H118O9. The van der Waals surface area contributed by atoms with Crippen LogP contribution in [-0.4, -0.2) is 89.6 Å². The molecule has 0 aliphatic carbocycles. The number of hydrogen-bond acceptors (Lipinski definition) is 9. The molecule has 6 atom stereocenters. The first-order valence-electron chi connectivity index (χ1n) is 31.1. The van der Waals surface area contributed by atoms with Crippen molar-refractivity contribution in [1.29, 1.82) is 0 Å². The van der Waals surface area contributed by atoms with Crippen LogP contribution >= 0.6 is 0 Å². The Balaban J connectivity index is 2.12. The Morgan fingerprint density at radius 1 is 0.444 bits per heavy atom. The second-order valence-electron chi connectivity index (χ2n) is 21.5. The number of aliphatic hydroxyl groups excluding tert-OH is 4. The minimum Gasteiger partial charge on any atom is -0.457 e. The predicted octanol–water partition coefficient (Wildman–Crippen LogP) is 16.6. The van der Waals surface area contributed by atoms with Gasteiger partial charge in [0.15, 0.2) is 6.29 Å². The minimum absolute atomic E-state index is 0.111. The summed E-state index contributed by atoms with van der Waals surface area (Å²) < 4.78 is 23.0. The highest BCUT2D eigenvalue weighted by atomic mass is 16.7. The number of rotatable bonds is 55. The summed E-state index contributed by atoms with van der Waals surface area (Å²) in [7, 11) is 0. The van der Waals surface area contributed by atoms with Crippen LogP contribution in [0.5, 0.6) is 0 Å². The van der Waals surface area contributed by atoms with Crippen molar-refractivity contribution in [2.24, 2.45) is 0 Å². The molecule has 0 aromatic rings. The summed E-state index contributed by atoms with van der Waals surface area (Å²) in [4.78, 5) is 12.9. The van der Waals surface area contributed by atoms with E-state index in [4.69, 9.17) is 18.9 Å². The molecule has 0 radical (unpaired) electrons. The maximum atomic E-state index is 12.9. The van der Waals surface area contributed by atoms with E-state index in [1.54, 1.807) is 0 Å². The fourth-order valence-corrected chi connectivity index (χ4v) is 9.70. The lowest BCUT2D eigenvalue weighted by Gasteiger charge is -2.39. The van der Waals surface area contributed by atoms with Crippen molar-refractivity contribution >= 4 is 5.97 Å². The Labute approximate surface area is 444 Å². The van der Waals surface area contributed by atoms with E-state index in [1.165, 1.54) is 238 Å². The van der Waals surface area contributed by atoms with Gasteiger partial charge in [-0.15, -0.1) is 0 Å². The average molecular weight is 1020 g/mol. The first-order valence-corrected chi connectivity index (χ1v) is 31.1. The Kier molecular flexibility index (Phi) is 51.5. The highest BCUT2D eigenvalue weighted by Crippen LogP contribution is 2.23. The third kappa shape index (κ3) is 43.6. The third-order valence-corrected chi connectivity index (χ3v) is 14.5. The van der Waals surface area contributed by atoms with Crippen LogP contribution < -0.4 is 0 Å². The van der Waals surface area contributed by atoms with Crippen LogP contribution in [-0.2, 0) is 23.7 Å². The van der Waals surface area contributed by atoms with E-state index in [0.29, 0.717) is 13.0 Å². The van der Waals surface area contributed by atoms with Gasteiger partial charge in [0.05, 0.1) is 19.8 Å². The smallest absolute Gasteiger partial charge is 0.306 e. The zero-order chi connectivity index (χ0) is 52.1. The van der Waals surface area contributed by atoms with Gasteiger partial charge in [0.1, 0.15) is 30.5 Å². The third-order valence-electron chi connectivity index (χ3n) is 14.5. The van der Waals surface area contributed by atoms with E-state index in [-0.39, 0.29) is 19.2 Å². The van der Waals surface area contributed by atoms with Gasteiger partial charge in [0.25, 0.3) is 0 Å². The van der Waals surface area contributed by atoms with Gasteiger partial charge < -0.3 is 39.4 Å². The molecule has 1 aliphatic heterocycles. The molecule has 1 saturated heterocycles. The van der Waals surface area contributed by atoms with Crippen LogP contribution in [0.2, 0.25) is 0 Å². The molecule has 1 aliphatic rings. The number of carbonyl (C=O) groups is 1. The van der Waals surface area contributed by atoms with Crippen LogP contribution in [0.1, 0.15) is 296 Å². The Morgan fingerprint density at radius 2 is 0.806 bits per heavy atom. The molecule has 0 saturated carbocycles. The largest absolute Gasteiger partial charge is 0.457 e. The number of unbranched alkanes of at least 4 members (excludes halogenated alkanes) is 38. The first kappa shape index (κ1) is 68.4. The lowest BCUT2D eigenvalue weighted by atomic mass is 9.99. The fourth-order valence-electron chi connectivity index (χ4n) is 9.70. The molecule has 9 heteroatoms. The molecule has 4 N–H and O–H groups in total. The van der Waals surface area contributed by atoms with Crippen molar-refractivity contribution in [3.8, 4) is 0 Å². The molecule has 0 amide bonds. The zero-order valence-corrected chi connectivity index (χ0v) is 47.2. The molecule has 0 bridgehead atoms. The van der Waals surface area contributed by atoms with Crippen LogP contribution in [0, 0.1) is 0 Å². The highest BCUT2D eigenvalue weighted by Gasteiger charge is 2.44. The number of allylic oxidation sites excluding steroid dienone is 6. The molecule has 0 spiro atoms. The number of hydrogen-bond donors (Lipinski definition) is 4. The molecule has 424 valence electrons. The van der Waals surface area contributed by atoms with Gasteiger partial charge in [-0.05, 0) is 70.6 Å². The number of esters is 1. The maximum absolute atomic E-state index is 12.9. The molecule has 1 fully saturated rings. The van der Waals surface area contributed by atoms with Gasteiger partial charge >= 0.3 is 5.97 Å². The lowest BCUT2D eigenvalue weighted by molar-refractivity contribution is -0.305. The number of ether oxygens (including phenoxy) is 4. The summed E-state index contributed by atoms with van der Waals surface area (Å²) in [5.74, 6) is -0.309. The lowest BCUT2D eigenvalue weighted by Crippen LogP contribution is -2.59. The molecule has 72 heavy (non-hydrogen) atoms. The standard InChI is InChI=1S/C63H118O9/c1-3-5-7-9-11-13-15-17-19-21-23-25-27-29-30-32-34-36-38-40-42-44-46-48-50-52-59(65)71-57(56-70-63-62(68)61(67)60(66)58(54-64)72-63)55-69-53-51-49-47-45-43-41-39-37-35-33-31-28-26-24-22-20-18-16-14-12-10-8-6-4-2/h15,17,21-24,57-58,60-64,66-68H,3-14,16,18-20,25-56H2,1-2H3/b17-15-,23-21-,24-22-. The molecule has 9 nitrogen and oxygen atoms in total. The van der Waals surface area contributed by atoms with Crippen LogP contribution in [0.15, 0.2) is 36.5 Å². The summed E-state index contributed by atoms with van der Waals surface area (Å²) in [6, 6.07) is 0. The van der Waals surface area contributed by atoms with Gasteiger partial charge in [-0.3, -0.25) is 4.79 Å². The van der Waals surface area contributed by atoms with E-state index in [1.807, 2.05) is 0 Å². The molecule has 0 aromatic heterocycles. The van der Waals surface area contributed by atoms with E-state index >= 15 is 0 Å². The second-order valence-corrected chi connectivity index (χ2v) is 21.5. The van der Waals surface area contributed by atoms with Crippen LogP contribution in [0.25, 0.3) is 0 Å². The van der Waals surface area contributed by atoms with Gasteiger partial charge in [-0.1, -0.05) is 256 Å². The Bertz CT molecular complexity index is 1210. The van der Waals surface area contributed by atoms with Crippen molar-refractivity contribution in [2.75, 3.05) is 26.4 Å².